The summed E-state index contributed by atoms with van der Waals surface area (Å²) in [5.41, 5.74) is 0.989. The van der Waals surface area contributed by atoms with Crippen molar-refractivity contribution in [2.75, 3.05) is 18.5 Å². The summed E-state index contributed by atoms with van der Waals surface area (Å²) >= 11 is 0. The molecule has 22 heavy (non-hydrogen) atoms. The number of benzene rings is 1. The van der Waals surface area contributed by atoms with Crippen molar-refractivity contribution in [1.82, 2.24) is 14.5 Å². The average molecular weight is 298 g/mol. The predicted molar refractivity (Wildman–Crippen MR) is 86.5 cm³/mol. The maximum Gasteiger partial charge on any atom is 0.244 e. The highest BCUT2D eigenvalue weighted by atomic mass is 16.2. The van der Waals surface area contributed by atoms with E-state index in [1.165, 1.54) is 0 Å². The second-order valence-electron chi connectivity index (χ2n) is 5.85. The summed E-state index contributed by atoms with van der Waals surface area (Å²) in [5, 5.41) is 0. The monoisotopic (exact) mass is 298 g/mol. The lowest BCUT2D eigenvalue weighted by Gasteiger charge is -2.36. The lowest BCUT2D eigenvalue weighted by atomic mass is 10.0. The first kappa shape index (κ1) is 14.8. The molecule has 1 aromatic carbocycles. The molecule has 1 aromatic heterocycles. The van der Waals surface area contributed by atoms with Crippen molar-refractivity contribution in [1.29, 1.82) is 0 Å². The first-order valence-electron chi connectivity index (χ1n) is 7.69. The molecule has 1 amide bonds. The van der Waals surface area contributed by atoms with Gasteiger partial charge in [0, 0.05) is 31.7 Å². The van der Waals surface area contributed by atoms with E-state index in [1.807, 2.05) is 60.1 Å². The summed E-state index contributed by atoms with van der Waals surface area (Å²) in [7, 11) is 3.99. The second kappa shape index (κ2) is 6.32. The molecule has 2 heterocycles. The maximum absolute atomic E-state index is 12.8. The van der Waals surface area contributed by atoms with Crippen LogP contribution in [-0.2, 0) is 18.4 Å². The number of amides is 1. The molecule has 3 rings (SSSR count). The van der Waals surface area contributed by atoms with E-state index in [4.69, 9.17) is 0 Å². The van der Waals surface area contributed by atoms with Gasteiger partial charge in [0.2, 0.25) is 5.91 Å². The van der Waals surface area contributed by atoms with Crippen LogP contribution < -0.4 is 4.90 Å². The van der Waals surface area contributed by atoms with E-state index in [-0.39, 0.29) is 11.9 Å². The number of aryl methyl sites for hydroxylation is 1. The Bertz CT molecular complexity index is 637. The summed E-state index contributed by atoms with van der Waals surface area (Å²) in [4.78, 5) is 21.2. The Morgan fingerprint density at radius 2 is 2.09 bits per heavy atom. The smallest absolute Gasteiger partial charge is 0.244 e. The highest BCUT2D eigenvalue weighted by Crippen LogP contribution is 2.23. The minimum Gasteiger partial charge on any atom is -0.337 e. The number of para-hydroxylation sites is 1. The number of carbonyl (C=O) groups is 1. The molecule has 0 N–H and O–H groups in total. The minimum atomic E-state index is -0.0781. The third kappa shape index (κ3) is 2.90. The van der Waals surface area contributed by atoms with E-state index in [0.29, 0.717) is 6.54 Å². The zero-order chi connectivity index (χ0) is 15.5. The lowest BCUT2D eigenvalue weighted by Crippen LogP contribution is -2.51. The molecule has 0 aliphatic carbocycles. The molecule has 0 spiro atoms. The Hall–Kier alpha value is -2.14. The van der Waals surface area contributed by atoms with Gasteiger partial charge in [0.15, 0.2) is 0 Å². The zero-order valence-electron chi connectivity index (χ0n) is 13.1. The van der Waals surface area contributed by atoms with Gasteiger partial charge in [-0.1, -0.05) is 18.2 Å². The molecule has 0 unspecified atom stereocenters. The Morgan fingerprint density at radius 3 is 2.77 bits per heavy atom. The Kier molecular flexibility index (Phi) is 4.24. The molecular formula is C17H22N4O. The van der Waals surface area contributed by atoms with Gasteiger partial charge in [-0.2, -0.15) is 0 Å². The molecule has 0 saturated carbocycles. The summed E-state index contributed by atoms with van der Waals surface area (Å²) in [6.07, 6.45) is 5.66. The van der Waals surface area contributed by atoms with Crippen molar-refractivity contribution < 1.29 is 4.79 Å². The van der Waals surface area contributed by atoms with E-state index in [9.17, 15) is 4.79 Å². The maximum atomic E-state index is 12.8. The Morgan fingerprint density at radius 1 is 1.32 bits per heavy atom. The number of nitrogens with zero attached hydrogens (tertiary/aromatic N) is 4. The number of piperidine rings is 1. The molecule has 1 saturated heterocycles. The fourth-order valence-corrected chi connectivity index (χ4v) is 3.01. The Balaban J connectivity index is 1.73. The average Bonchev–Trinajstić information content (AvgIpc) is 2.93. The van der Waals surface area contributed by atoms with E-state index in [2.05, 4.69) is 9.88 Å². The molecule has 5 heteroatoms. The zero-order valence-corrected chi connectivity index (χ0v) is 13.1. The van der Waals surface area contributed by atoms with Crippen LogP contribution in [-0.4, -0.2) is 40.0 Å². The van der Waals surface area contributed by atoms with Gasteiger partial charge in [-0.3, -0.25) is 9.69 Å². The van der Waals surface area contributed by atoms with Crippen LogP contribution in [0.15, 0.2) is 42.7 Å². The van der Waals surface area contributed by atoms with Gasteiger partial charge in [0.05, 0.1) is 12.6 Å². The summed E-state index contributed by atoms with van der Waals surface area (Å²) in [6, 6.07) is 9.85. The van der Waals surface area contributed by atoms with Gasteiger partial charge in [0.1, 0.15) is 5.82 Å². The van der Waals surface area contributed by atoms with Crippen molar-refractivity contribution in [3.63, 3.8) is 0 Å². The summed E-state index contributed by atoms with van der Waals surface area (Å²) in [6.45, 7) is 1.48. The molecular weight excluding hydrogens is 276 g/mol. The first-order valence-corrected chi connectivity index (χ1v) is 7.69. The molecule has 0 bridgehead atoms. The number of hydrogen-bond acceptors (Lipinski definition) is 3. The van der Waals surface area contributed by atoms with Crippen LogP contribution >= 0.6 is 0 Å². The molecule has 0 radical (unpaired) electrons. The molecule has 5 nitrogen and oxygen atoms in total. The molecule has 1 atom stereocenters. The number of hydrogen-bond donors (Lipinski definition) is 0. The van der Waals surface area contributed by atoms with E-state index in [1.54, 1.807) is 6.20 Å². The van der Waals surface area contributed by atoms with Crippen LogP contribution in [0.25, 0.3) is 0 Å². The fourth-order valence-electron chi connectivity index (χ4n) is 3.01. The fraction of sp³-hybridized carbons (Fsp3) is 0.412. The van der Waals surface area contributed by atoms with Crippen molar-refractivity contribution in [3.8, 4) is 0 Å². The largest absolute Gasteiger partial charge is 0.337 e. The normalized spacial score (nSPS) is 19.0. The highest BCUT2D eigenvalue weighted by Gasteiger charge is 2.32. The van der Waals surface area contributed by atoms with Gasteiger partial charge in [-0.25, -0.2) is 4.98 Å². The third-order valence-electron chi connectivity index (χ3n) is 4.32. The van der Waals surface area contributed by atoms with E-state index >= 15 is 0 Å². The van der Waals surface area contributed by atoms with Gasteiger partial charge in [0.25, 0.3) is 0 Å². The predicted octanol–water partition coefficient (Wildman–Crippen LogP) is 2.05. The number of anilines is 1. The van der Waals surface area contributed by atoms with Crippen LogP contribution in [0.4, 0.5) is 5.69 Å². The van der Waals surface area contributed by atoms with Crippen molar-refractivity contribution >= 4 is 11.6 Å². The summed E-state index contributed by atoms with van der Waals surface area (Å²) in [5.74, 6) is 1.17. The number of aromatic nitrogens is 2. The number of rotatable bonds is 4. The van der Waals surface area contributed by atoms with Gasteiger partial charge in [-0.15, -0.1) is 0 Å². The molecule has 1 fully saturated rings. The number of carbonyl (C=O) groups excluding carboxylic acids is 1. The van der Waals surface area contributed by atoms with Gasteiger partial charge in [-0.05, 0) is 32.0 Å². The Labute approximate surface area is 131 Å². The standard InChI is InChI=1S/C17H22N4O/c1-19-12-10-18-16(19)13-20(2)15-9-6-11-21(17(15)22)14-7-4-3-5-8-14/h3-5,7-8,10,12,15H,6,9,11,13H2,1-2H3/t15-/m1/s1. The van der Waals surface area contributed by atoms with E-state index < -0.39 is 0 Å². The van der Waals surface area contributed by atoms with Gasteiger partial charge >= 0.3 is 0 Å². The molecule has 2 aromatic rings. The van der Waals surface area contributed by atoms with Crippen molar-refractivity contribution in [2.45, 2.75) is 25.4 Å². The SMILES string of the molecule is CN(Cc1nccn1C)[C@@H]1CCCN(c2ccccc2)C1=O. The minimum absolute atomic E-state index is 0.0781. The highest BCUT2D eigenvalue weighted by molar-refractivity contribution is 5.97. The lowest BCUT2D eigenvalue weighted by molar-refractivity contribution is -0.125. The van der Waals surface area contributed by atoms with Crippen molar-refractivity contribution in [3.05, 3.63) is 48.5 Å². The van der Waals surface area contributed by atoms with Crippen LogP contribution in [0.5, 0.6) is 0 Å². The second-order valence-corrected chi connectivity index (χ2v) is 5.85. The third-order valence-corrected chi connectivity index (χ3v) is 4.32. The first-order chi connectivity index (χ1) is 10.7. The van der Waals surface area contributed by atoms with Gasteiger partial charge < -0.3 is 9.47 Å². The summed E-state index contributed by atoms with van der Waals surface area (Å²) < 4.78 is 2.00. The van der Waals surface area contributed by atoms with Crippen LogP contribution in [0.3, 0.4) is 0 Å². The molecule has 116 valence electrons. The number of likely N-dealkylation sites (N-methyl/N-ethyl adjacent to an activating group) is 1. The number of imidazole rings is 1. The van der Waals surface area contributed by atoms with E-state index in [0.717, 1.165) is 30.9 Å². The molecule has 1 aliphatic heterocycles. The van der Waals surface area contributed by atoms with Crippen molar-refractivity contribution in [2.24, 2.45) is 7.05 Å². The topological polar surface area (TPSA) is 41.4 Å². The van der Waals surface area contributed by atoms with Crippen LogP contribution in [0.1, 0.15) is 18.7 Å². The quantitative estimate of drug-likeness (QED) is 0.867. The van der Waals surface area contributed by atoms with Crippen LogP contribution in [0, 0.1) is 0 Å². The van der Waals surface area contributed by atoms with Crippen LogP contribution in [0.2, 0.25) is 0 Å². The molecule has 1 aliphatic rings.